The predicted octanol–water partition coefficient (Wildman–Crippen LogP) is 5.08. The maximum atomic E-state index is 13.6. The van der Waals surface area contributed by atoms with E-state index in [4.69, 9.17) is 26.5 Å². The van der Waals surface area contributed by atoms with Gasteiger partial charge >= 0.3 is 6.18 Å². The van der Waals surface area contributed by atoms with E-state index in [9.17, 15) is 23.1 Å². The van der Waals surface area contributed by atoms with Crippen molar-refractivity contribution in [2.24, 2.45) is 5.73 Å². The molecule has 1 fully saturated rings. The van der Waals surface area contributed by atoms with Gasteiger partial charge in [0, 0.05) is 48.7 Å². The van der Waals surface area contributed by atoms with Crippen LogP contribution in [0, 0.1) is 0 Å². The van der Waals surface area contributed by atoms with Crippen molar-refractivity contribution in [2.45, 2.75) is 25.2 Å². The summed E-state index contributed by atoms with van der Waals surface area (Å²) in [5.41, 5.74) is 6.19. The molecule has 0 bridgehead atoms. The Kier molecular flexibility index (Phi) is 8.42. The fourth-order valence-electron chi connectivity index (χ4n) is 4.93. The third-order valence-electron chi connectivity index (χ3n) is 7.18. The van der Waals surface area contributed by atoms with Crippen LogP contribution >= 0.6 is 11.6 Å². The molecule has 1 aliphatic heterocycles. The summed E-state index contributed by atoms with van der Waals surface area (Å²) in [7, 11) is 1.34. The minimum Gasteiger partial charge on any atom is -0.494 e. The van der Waals surface area contributed by atoms with E-state index >= 15 is 0 Å². The first kappa shape index (κ1) is 29.8. The van der Waals surface area contributed by atoms with Crippen LogP contribution in [0.2, 0.25) is 5.02 Å². The molecule has 42 heavy (non-hydrogen) atoms. The Bertz CT molecular complexity index is 1580. The van der Waals surface area contributed by atoms with E-state index in [1.165, 1.54) is 19.2 Å². The molecule has 0 saturated carbocycles. The molecule has 1 saturated heterocycles. The van der Waals surface area contributed by atoms with Gasteiger partial charge in [-0.25, -0.2) is 9.97 Å². The van der Waals surface area contributed by atoms with E-state index in [1.807, 2.05) is 0 Å². The number of benzene rings is 2. The quantitative estimate of drug-likeness (QED) is 0.300. The Morgan fingerprint density at radius 2 is 1.79 bits per heavy atom. The molecule has 0 aliphatic carbocycles. The first-order valence-corrected chi connectivity index (χ1v) is 13.6. The summed E-state index contributed by atoms with van der Waals surface area (Å²) in [6.07, 6.45) is -5.34. The number of pyridine rings is 1. The van der Waals surface area contributed by atoms with Gasteiger partial charge in [-0.3, -0.25) is 9.69 Å². The van der Waals surface area contributed by atoms with Crippen LogP contribution in [-0.2, 0) is 6.18 Å². The van der Waals surface area contributed by atoms with Crippen molar-refractivity contribution in [2.75, 3.05) is 39.8 Å². The van der Waals surface area contributed by atoms with Gasteiger partial charge in [-0.2, -0.15) is 13.2 Å². The number of aliphatic hydroxyl groups excluding tert-OH is 1. The minimum atomic E-state index is -4.64. The van der Waals surface area contributed by atoms with E-state index in [2.05, 4.69) is 14.9 Å². The number of carbonyl (C=O) groups excluding carboxylic acids is 1. The van der Waals surface area contributed by atoms with Gasteiger partial charge in [-0.15, -0.1) is 0 Å². The molecule has 3 N–H and O–H groups in total. The second-order valence-electron chi connectivity index (χ2n) is 10.1. The highest BCUT2D eigenvalue weighted by molar-refractivity contribution is 6.30. The highest BCUT2D eigenvalue weighted by Gasteiger charge is 2.34. The fraction of sp³-hybridized carbons (Fsp3) is 0.345. The molecule has 5 rings (SSSR count). The lowest BCUT2D eigenvalue weighted by Gasteiger charge is -2.35. The number of piperazine rings is 1. The number of hydrogen-bond acceptors (Lipinski definition) is 8. The third kappa shape index (κ3) is 6.07. The number of amides is 1. The van der Waals surface area contributed by atoms with Crippen LogP contribution < -0.4 is 10.5 Å². The second kappa shape index (κ2) is 11.9. The van der Waals surface area contributed by atoms with Gasteiger partial charge < -0.3 is 24.9 Å². The zero-order valence-electron chi connectivity index (χ0n) is 22.9. The number of halogens is 4. The fourth-order valence-corrected chi connectivity index (χ4v) is 5.05. The van der Waals surface area contributed by atoms with E-state index in [-0.39, 0.29) is 34.5 Å². The maximum Gasteiger partial charge on any atom is 0.433 e. The number of aliphatic hydroxyl groups is 1. The number of β-amino-alcohol motifs (C(OH)–C–C–N with tert-alkyl or cyclic N) is 1. The normalized spacial score (nSPS) is 16.0. The molecule has 0 spiro atoms. The van der Waals surface area contributed by atoms with E-state index in [1.54, 1.807) is 42.2 Å². The number of nitrogens with two attached hydrogens (primary N) is 1. The van der Waals surface area contributed by atoms with Crippen molar-refractivity contribution in [3.63, 3.8) is 0 Å². The van der Waals surface area contributed by atoms with Gasteiger partial charge in [0.05, 0.1) is 19.3 Å². The lowest BCUT2D eigenvalue weighted by atomic mass is 10.1. The van der Waals surface area contributed by atoms with Crippen LogP contribution in [-0.4, -0.2) is 70.6 Å². The van der Waals surface area contributed by atoms with Crippen molar-refractivity contribution < 1.29 is 32.2 Å². The highest BCUT2D eigenvalue weighted by atomic mass is 35.5. The lowest BCUT2D eigenvalue weighted by Crippen LogP contribution is -2.49. The standard InChI is InChI=1S/C29H29ClF3N5O4/c1-16(34)26-25(28(40)38-13-11-37(12-14-38)15-21(39)17-3-5-18(30)6-4-17)36-27(42-26)20-7-9-22(41-2)24-19(20)8-10-23(35-24)29(31,32)33/h3-10,16,21,39H,11-15,34H2,1-2H3/t16-,21?/m0/s1. The summed E-state index contributed by atoms with van der Waals surface area (Å²) in [5, 5.41) is 11.5. The van der Waals surface area contributed by atoms with Gasteiger partial charge in [-0.05, 0) is 48.9 Å². The molecule has 1 aliphatic rings. The van der Waals surface area contributed by atoms with Crippen LogP contribution in [0.25, 0.3) is 22.4 Å². The molecule has 4 aromatic rings. The number of oxazole rings is 1. The first-order chi connectivity index (χ1) is 20.0. The number of nitrogens with zero attached hydrogens (tertiary/aromatic N) is 4. The Balaban J connectivity index is 1.37. The summed E-state index contributed by atoms with van der Waals surface area (Å²) in [5.74, 6) is -0.0244. The molecule has 1 unspecified atom stereocenters. The number of hydrogen-bond donors (Lipinski definition) is 2. The average molecular weight is 604 g/mol. The molecular weight excluding hydrogens is 575 g/mol. The number of alkyl halides is 3. The molecule has 2 atom stereocenters. The topological polar surface area (TPSA) is 118 Å². The Hall–Kier alpha value is -3.71. The van der Waals surface area contributed by atoms with E-state index < -0.39 is 24.0 Å². The maximum absolute atomic E-state index is 13.6. The molecular formula is C29H29ClF3N5O4. The molecule has 222 valence electrons. The zero-order chi connectivity index (χ0) is 30.2. The molecule has 2 aromatic carbocycles. The molecule has 1 amide bonds. The lowest BCUT2D eigenvalue weighted by molar-refractivity contribution is -0.140. The van der Waals surface area contributed by atoms with Crippen molar-refractivity contribution in [1.82, 2.24) is 19.8 Å². The Morgan fingerprint density at radius 3 is 2.40 bits per heavy atom. The minimum absolute atomic E-state index is 0.0184. The predicted molar refractivity (Wildman–Crippen MR) is 150 cm³/mol. The number of rotatable bonds is 7. The Morgan fingerprint density at radius 1 is 1.10 bits per heavy atom. The SMILES string of the molecule is COc1ccc(-c2nc(C(=O)N3CCN(CC(O)c4ccc(Cl)cc4)CC3)c([C@H](C)N)o2)c2ccc(C(F)(F)F)nc12. The first-order valence-electron chi connectivity index (χ1n) is 13.2. The summed E-state index contributed by atoms with van der Waals surface area (Å²) < 4.78 is 51.3. The summed E-state index contributed by atoms with van der Waals surface area (Å²) >= 11 is 5.94. The molecule has 9 nitrogen and oxygen atoms in total. The third-order valence-corrected chi connectivity index (χ3v) is 7.43. The van der Waals surface area contributed by atoms with E-state index in [0.29, 0.717) is 48.7 Å². The van der Waals surface area contributed by atoms with Gasteiger partial charge in [0.25, 0.3) is 5.91 Å². The van der Waals surface area contributed by atoms with Crippen molar-refractivity contribution in [3.8, 4) is 17.2 Å². The van der Waals surface area contributed by atoms with Crippen LogP contribution in [0.15, 0.2) is 52.9 Å². The molecule has 0 radical (unpaired) electrons. The number of aromatic nitrogens is 2. The van der Waals surface area contributed by atoms with Gasteiger partial charge in [0.1, 0.15) is 17.0 Å². The van der Waals surface area contributed by atoms with Crippen LogP contribution in [0.1, 0.15) is 46.6 Å². The van der Waals surface area contributed by atoms with Crippen LogP contribution in [0.4, 0.5) is 13.2 Å². The van der Waals surface area contributed by atoms with Gasteiger partial charge in [0.15, 0.2) is 11.5 Å². The largest absolute Gasteiger partial charge is 0.494 e. The summed E-state index contributed by atoms with van der Waals surface area (Å²) in [6.45, 7) is 3.90. The number of ether oxygens (including phenoxy) is 1. The molecule has 3 heterocycles. The number of methoxy groups -OCH3 is 1. The summed E-state index contributed by atoms with van der Waals surface area (Å²) in [4.78, 5) is 25.5. The van der Waals surface area contributed by atoms with Gasteiger partial charge in [0.2, 0.25) is 5.89 Å². The van der Waals surface area contributed by atoms with Crippen LogP contribution in [0.5, 0.6) is 5.75 Å². The number of carbonyl (C=O) groups is 1. The Labute approximate surface area is 244 Å². The monoisotopic (exact) mass is 603 g/mol. The van der Waals surface area contributed by atoms with Crippen LogP contribution in [0.3, 0.4) is 0 Å². The highest BCUT2D eigenvalue weighted by Crippen LogP contribution is 2.37. The zero-order valence-corrected chi connectivity index (χ0v) is 23.6. The summed E-state index contributed by atoms with van der Waals surface area (Å²) in [6, 6.07) is 11.5. The van der Waals surface area contributed by atoms with Gasteiger partial charge in [-0.1, -0.05) is 23.7 Å². The molecule has 13 heteroatoms. The van der Waals surface area contributed by atoms with E-state index in [0.717, 1.165) is 11.6 Å². The number of fused-ring (bicyclic) bond motifs is 1. The molecule has 2 aromatic heterocycles. The van der Waals surface area contributed by atoms with Crippen molar-refractivity contribution in [3.05, 3.63) is 76.3 Å². The second-order valence-corrected chi connectivity index (χ2v) is 10.5. The van der Waals surface area contributed by atoms with Crippen molar-refractivity contribution in [1.29, 1.82) is 0 Å². The smallest absolute Gasteiger partial charge is 0.433 e. The van der Waals surface area contributed by atoms with Crippen molar-refractivity contribution >= 4 is 28.4 Å². The average Bonchev–Trinajstić information content (AvgIpc) is 3.42.